The summed E-state index contributed by atoms with van der Waals surface area (Å²) in [6.45, 7) is 5.26. The summed E-state index contributed by atoms with van der Waals surface area (Å²) >= 11 is 0. The number of carbonyl (C=O) groups excluding carboxylic acids is 2. The van der Waals surface area contributed by atoms with Gasteiger partial charge in [-0.1, -0.05) is 37.3 Å². The van der Waals surface area contributed by atoms with Crippen molar-refractivity contribution in [3.05, 3.63) is 35.9 Å². The van der Waals surface area contributed by atoms with Gasteiger partial charge in [-0.15, -0.1) is 0 Å². The molecule has 1 aromatic rings. The third-order valence-corrected chi connectivity index (χ3v) is 2.88. The van der Waals surface area contributed by atoms with E-state index in [1.54, 1.807) is 6.92 Å². The van der Waals surface area contributed by atoms with E-state index in [4.69, 9.17) is 9.47 Å². The normalized spacial score (nSPS) is 13.4. The first-order valence-corrected chi connectivity index (χ1v) is 6.35. The minimum Gasteiger partial charge on any atom is -0.463 e. The Bertz CT molecular complexity index is 413. The van der Waals surface area contributed by atoms with Crippen LogP contribution in [0.4, 0.5) is 0 Å². The molecule has 4 nitrogen and oxygen atoms in total. The molecule has 0 saturated heterocycles. The number of benzene rings is 1. The Kier molecular flexibility index (Phi) is 6.06. The second-order valence-corrected chi connectivity index (χ2v) is 4.64. The Labute approximate surface area is 113 Å². The van der Waals surface area contributed by atoms with E-state index in [2.05, 4.69) is 0 Å². The quantitative estimate of drug-likeness (QED) is 0.741. The maximum atomic E-state index is 11.7. The molecule has 0 saturated carbocycles. The van der Waals surface area contributed by atoms with Gasteiger partial charge < -0.3 is 9.47 Å². The van der Waals surface area contributed by atoms with Gasteiger partial charge in [0.2, 0.25) is 0 Å². The molecule has 0 N–H and O–H groups in total. The van der Waals surface area contributed by atoms with Gasteiger partial charge in [0.1, 0.15) is 12.7 Å². The molecule has 104 valence electrons. The zero-order valence-corrected chi connectivity index (χ0v) is 11.6. The summed E-state index contributed by atoms with van der Waals surface area (Å²) in [5.41, 5.74) is 0.955. The molecule has 0 aliphatic carbocycles. The van der Waals surface area contributed by atoms with Crippen molar-refractivity contribution in [3.8, 4) is 0 Å². The lowest BCUT2D eigenvalue weighted by molar-refractivity contribution is -0.153. The van der Waals surface area contributed by atoms with Crippen molar-refractivity contribution in [3.63, 3.8) is 0 Å². The van der Waals surface area contributed by atoms with Crippen LogP contribution in [0, 0.1) is 5.92 Å². The van der Waals surface area contributed by atoms with Crippen LogP contribution in [0.2, 0.25) is 0 Å². The highest BCUT2D eigenvalue weighted by Crippen LogP contribution is 2.13. The van der Waals surface area contributed by atoms with Crippen molar-refractivity contribution in [1.82, 2.24) is 0 Å². The van der Waals surface area contributed by atoms with E-state index in [9.17, 15) is 9.59 Å². The van der Waals surface area contributed by atoms with Crippen LogP contribution >= 0.6 is 0 Å². The SMILES string of the molecule is CC(=O)OC(C)[C@H](C)CC(=O)OCc1ccccc1. The third-order valence-electron chi connectivity index (χ3n) is 2.88. The average Bonchev–Trinajstić information content (AvgIpc) is 2.36. The highest BCUT2D eigenvalue weighted by atomic mass is 16.5. The Hall–Kier alpha value is -1.84. The number of carbonyl (C=O) groups is 2. The Balaban J connectivity index is 2.32. The minimum atomic E-state index is -0.336. The van der Waals surface area contributed by atoms with Crippen molar-refractivity contribution >= 4 is 11.9 Å². The van der Waals surface area contributed by atoms with Crippen LogP contribution in [-0.4, -0.2) is 18.0 Å². The molecule has 0 aliphatic rings. The minimum absolute atomic E-state index is 0.0628. The summed E-state index contributed by atoms with van der Waals surface area (Å²) in [5.74, 6) is -0.681. The Morgan fingerprint density at radius 3 is 2.37 bits per heavy atom. The van der Waals surface area contributed by atoms with E-state index in [1.807, 2.05) is 37.3 Å². The summed E-state index contributed by atoms with van der Waals surface area (Å²) in [7, 11) is 0. The molecule has 0 amide bonds. The fourth-order valence-corrected chi connectivity index (χ4v) is 1.60. The van der Waals surface area contributed by atoms with Gasteiger partial charge in [-0.25, -0.2) is 0 Å². The molecule has 1 unspecified atom stereocenters. The van der Waals surface area contributed by atoms with Gasteiger partial charge in [-0.2, -0.15) is 0 Å². The zero-order valence-electron chi connectivity index (χ0n) is 11.6. The predicted octanol–water partition coefficient (Wildman–Crippen LogP) is 2.71. The number of hydrogen-bond donors (Lipinski definition) is 0. The molecule has 0 aliphatic heterocycles. The largest absolute Gasteiger partial charge is 0.463 e. The number of esters is 2. The van der Waals surface area contributed by atoms with E-state index in [1.165, 1.54) is 6.92 Å². The number of ether oxygens (including phenoxy) is 2. The zero-order chi connectivity index (χ0) is 14.3. The van der Waals surface area contributed by atoms with Gasteiger partial charge in [0, 0.05) is 12.8 Å². The van der Waals surface area contributed by atoms with E-state index in [0.29, 0.717) is 0 Å². The first-order chi connectivity index (χ1) is 8.99. The Morgan fingerprint density at radius 2 is 1.79 bits per heavy atom. The molecule has 0 bridgehead atoms. The average molecular weight is 264 g/mol. The first kappa shape index (κ1) is 15.2. The molecule has 1 rings (SSSR count). The van der Waals surface area contributed by atoms with Crippen molar-refractivity contribution in [1.29, 1.82) is 0 Å². The number of hydrogen-bond acceptors (Lipinski definition) is 4. The third kappa shape index (κ3) is 6.04. The van der Waals surface area contributed by atoms with Crippen molar-refractivity contribution in [2.24, 2.45) is 5.92 Å². The van der Waals surface area contributed by atoms with Gasteiger partial charge in [0.15, 0.2) is 0 Å². The maximum Gasteiger partial charge on any atom is 0.306 e. The highest BCUT2D eigenvalue weighted by Gasteiger charge is 2.19. The van der Waals surface area contributed by atoms with Crippen molar-refractivity contribution in [2.45, 2.75) is 39.9 Å². The summed E-state index contributed by atoms with van der Waals surface area (Å²) in [5, 5.41) is 0. The van der Waals surface area contributed by atoms with Gasteiger partial charge in [0.25, 0.3) is 0 Å². The summed E-state index contributed by atoms with van der Waals surface area (Å²) in [6, 6.07) is 9.51. The van der Waals surface area contributed by atoms with Gasteiger partial charge in [-0.05, 0) is 12.5 Å². The van der Waals surface area contributed by atoms with Crippen LogP contribution in [-0.2, 0) is 25.7 Å². The lowest BCUT2D eigenvalue weighted by atomic mass is 10.0. The molecule has 0 heterocycles. The highest BCUT2D eigenvalue weighted by molar-refractivity contribution is 5.70. The van der Waals surface area contributed by atoms with Crippen LogP contribution in [0.1, 0.15) is 32.8 Å². The molecule has 4 heteroatoms. The number of rotatable bonds is 6. The van der Waals surface area contributed by atoms with Crippen LogP contribution in [0.3, 0.4) is 0 Å². The summed E-state index contributed by atoms with van der Waals surface area (Å²) < 4.78 is 10.2. The topological polar surface area (TPSA) is 52.6 Å². The smallest absolute Gasteiger partial charge is 0.306 e. The lowest BCUT2D eigenvalue weighted by Gasteiger charge is -2.18. The van der Waals surface area contributed by atoms with Gasteiger partial charge in [-0.3, -0.25) is 9.59 Å². The van der Waals surface area contributed by atoms with E-state index in [0.717, 1.165) is 5.56 Å². The van der Waals surface area contributed by atoms with Crippen LogP contribution in [0.25, 0.3) is 0 Å². The standard InChI is InChI=1S/C15H20O4/c1-11(12(2)19-13(3)16)9-15(17)18-10-14-7-5-4-6-8-14/h4-8,11-12H,9-10H2,1-3H3/t11-,12?/m1/s1. The predicted molar refractivity (Wildman–Crippen MR) is 71.2 cm³/mol. The molecule has 0 spiro atoms. The molecular weight excluding hydrogens is 244 g/mol. The van der Waals surface area contributed by atoms with Crippen LogP contribution in [0.5, 0.6) is 0 Å². The summed E-state index contributed by atoms with van der Waals surface area (Å²) in [6.07, 6.45) is -0.0526. The Morgan fingerprint density at radius 1 is 1.16 bits per heavy atom. The van der Waals surface area contributed by atoms with E-state index in [-0.39, 0.29) is 37.0 Å². The second kappa shape index (κ2) is 7.56. The molecule has 2 atom stereocenters. The van der Waals surface area contributed by atoms with E-state index < -0.39 is 0 Å². The summed E-state index contributed by atoms with van der Waals surface area (Å²) in [4.78, 5) is 22.5. The monoisotopic (exact) mass is 264 g/mol. The molecule has 19 heavy (non-hydrogen) atoms. The first-order valence-electron chi connectivity index (χ1n) is 6.35. The molecule has 0 radical (unpaired) electrons. The van der Waals surface area contributed by atoms with Gasteiger partial charge >= 0.3 is 11.9 Å². The van der Waals surface area contributed by atoms with Gasteiger partial charge in [0.05, 0.1) is 6.42 Å². The van der Waals surface area contributed by atoms with E-state index >= 15 is 0 Å². The van der Waals surface area contributed by atoms with Crippen molar-refractivity contribution < 1.29 is 19.1 Å². The second-order valence-electron chi connectivity index (χ2n) is 4.64. The maximum absolute atomic E-state index is 11.7. The molecule has 0 fully saturated rings. The molecule has 1 aromatic carbocycles. The molecular formula is C15H20O4. The van der Waals surface area contributed by atoms with Crippen LogP contribution < -0.4 is 0 Å². The lowest BCUT2D eigenvalue weighted by Crippen LogP contribution is -2.23. The fourth-order valence-electron chi connectivity index (χ4n) is 1.60. The molecule has 0 aromatic heterocycles. The fraction of sp³-hybridized carbons (Fsp3) is 0.467. The van der Waals surface area contributed by atoms with Crippen molar-refractivity contribution in [2.75, 3.05) is 0 Å². The van der Waals surface area contributed by atoms with Crippen LogP contribution in [0.15, 0.2) is 30.3 Å².